The van der Waals surface area contributed by atoms with Crippen LogP contribution in [0.5, 0.6) is 0 Å². The molecule has 1 aromatic rings. The number of halogens is 1. The van der Waals surface area contributed by atoms with Gasteiger partial charge in [0.05, 0.1) is 23.3 Å². The first kappa shape index (κ1) is 12.1. The Morgan fingerprint density at radius 1 is 1.35 bits per heavy atom. The summed E-state index contributed by atoms with van der Waals surface area (Å²) in [7, 11) is 0. The van der Waals surface area contributed by atoms with Gasteiger partial charge in [0.15, 0.2) is 0 Å². The third-order valence-electron chi connectivity index (χ3n) is 3.07. The molecular formula is C11H15ClN4O. The van der Waals surface area contributed by atoms with E-state index in [1.165, 1.54) is 12.4 Å². The smallest absolute Gasteiger partial charge is 0.222 e. The first-order chi connectivity index (χ1) is 8.16. The molecule has 1 aromatic heterocycles. The summed E-state index contributed by atoms with van der Waals surface area (Å²) in [6.45, 7) is 0. The third-order valence-corrected chi connectivity index (χ3v) is 3.26. The van der Waals surface area contributed by atoms with Crippen molar-refractivity contribution in [2.45, 2.75) is 31.7 Å². The fraction of sp³-hybridized carbons (Fsp3) is 0.545. The van der Waals surface area contributed by atoms with Crippen molar-refractivity contribution in [2.24, 2.45) is 11.7 Å². The van der Waals surface area contributed by atoms with Crippen LogP contribution in [0.15, 0.2) is 12.4 Å². The summed E-state index contributed by atoms with van der Waals surface area (Å²) in [5, 5.41) is 3.65. The summed E-state index contributed by atoms with van der Waals surface area (Å²) < 4.78 is 0. The molecule has 6 heteroatoms. The van der Waals surface area contributed by atoms with Crippen LogP contribution in [0.2, 0.25) is 5.02 Å². The largest absolute Gasteiger partial charge is 0.369 e. The summed E-state index contributed by atoms with van der Waals surface area (Å²) >= 11 is 5.71. The molecule has 2 atom stereocenters. The molecule has 1 aliphatic rings. The lowest BCUT2D eigenvalue weighted by Gasteiger charge is -2.29. The third kappa shape index (κ3) is 3.06. The van der Waals surface area contributed by atoms with Crippen LogP contribution >= 0.6 is 11.6 Å². The first-order valence-corrected chi connectivity index (χ1v) is 6.08. The molecule has 0 aromatic carbocycles. The minimum Gasteiger partial charge on any atom is -0.369 e. The number of aromatic nitrogens is 2. The minimum absolute atomic E-state index is 0.0300. The summed E-state index contributed by atoms with van der Waals surface area (Å²) in [4.78, 5) is 19.4. The van der Waals surface area contributed by atoms with Gasteiger partial charge in [0.25, 0.3) is 0 Å². The Morgan fingerprint density at radius 3 is 2.65 bits per heavy atom. The van der Waals surface area contributed by atoms with Gasteiger partial charge in [-0.1, -0.05) is 24.4 Å². The Bertz CT molecular complexity index is 395. The second-order valence-electron chi connectivity index (χ2n) is 4.27. The van der Waals surface area contributed by atoms with E-state index in [2.05, 4.69) is 15.3 Å². The Balaban J connectivity index is 2.05. The number of hydrogen-bond donors (Lipinski definition) is 2. The normalized spacial score (nSPS) is 24.3. The molecule has 1 amide bonds. The van der Waals surface area contributed by atoms with Crippen LogP contribution in [-0.4, -0.2) is 21.9 Å². The monoisotopic (exact) mass is 254 g/mol. The average Bonchev–Trinajstić information content (AvgIpc) is 2.32. The molecule has 3 N–H and O–H groups in total. The van der Waals surface area contributed by atoms with E-state index in [4.69, 9.17) is 17.3 Å². The van der Waals surface area contributed by atoms with Crippen molar-refractivity contribution < 1.29 is 4.79 Å². The molecule has 1 saturated carbocycles. The van der Waals surface area contributed by atoms with E-state index >= 15 is 0 Å². The summed E-state index contributed by atoms with van der Waals surface area (Å²) in [5.41, 5.74) is 5.39. The number of nitrogens with one attached hydrogen (secondary N) is 1. The standard InChI is InChI=1S/C11H15ClN4O/c12-7-5-14-11(15-6-7)16-9-4-2-1-3-8(9)10(13)17/h5-6,8-9H,1-4H2,(H2,13,17)(H,14,15,16)/t8-,9+/m1/s1. The van der Waals surface area contributed by atoms with E-state index < -0.39 is 0 Å². The second kappa shape index (κ2) is 5.31. The highest BCUT2D eigenvalue weighted by molar-refractivity contribution is 6.30. The molecule has 0 aliphatic heterocycles. The van der Waals surface area contributed by atoms with Gasteiger partial charge in [-0.2, -0.15) is 0 Å². The van der Waals surface area contributed by atoms with Gasteiger partial charge in [0.1, 0.15) is 0 Å². The van der Waals surface area contributed by atoms with E-state index in [-0.39, 0.29) is 17.9 Å². The second-order valence-corrected chi connectivity index (χ2v) is 4.71. The molecule has 1 fully saturated rings. The number of rotatable bonds is 3. The van der Waals surface area contributed by atoms with Crippen LogP contribution in [0.1, 0.15) is 25.7 Å². The fourth-order valence-electron chi connectivity index (χ4n) is 2.20. The van der Waals surface area contributed by atoms with Crippen LogP contribution in [0.3, 0.4) is 0 Å². The average molecular weight is 255 g/mol. The maximum Gasteiger partial charge on any atom is 0.222 e. The minimum atomic E-state index is -0.254. The number of nitrogens with two attached hydrogens (primary N) is 1. The van der Waals surface area contributed by atoms with Gasteiger partial charge in [-0.3, -0.25) is 4.79 Å². The van der Waals surface area contributed by atoms with Crippen molar-refractivity contribution in [3.05, 3.63) is 17.4 Å². The molecule has 2 rings (SSSR count). The molecule has 0 unspecified atom stereocenters. The van der Waals surface area contributed by atoms with Gasteiger partial charge in [-0.05, 0) is 12.8 Å². The fourth-order valence-corrected chi connectivity index (χ4v) is 2.29. The number of primary amides is 1. The Morgan fingerprint density at radius 2 is 2.00 bits per heavy atom. The lowest BCUT2D eigenvalue weighted by Crippen LogP contribution is -2.40. The van der Waals surface area contributed by atoms with Gasteiger partial charge in [0, 0.05) is 6.04 Å². The summed E-state index contributed by atoms with van der Waals surface area (Å²) in [6, 6.07) is 0.0300. The predicted molar refractivity (Wildman–Crippen MR) is 65.6 cm³/mol. The zero-order valence-corrected chi connectivity index (χ0v) is 10.2. The van der Waals surface area contributed by atoms with Crippen LogP contribution < -0.4 is 11.1 Å². The Labute approximate surface area is 105 Å². The molecule has 5 nitrogen and oxygen atoms in total. The van der Waals surface area contributed by atoms with E-state index in [9.17, 15) is 4.79 Å². The van der Waals surface area contributed by atoms with E-state index in [0.717, 1.165) is 25.7 Å². The molecule has 0 spiro atoms. The predicted octanol–water partition coefficient (Wildman–Crippen LogP) is 1.59. The SMILES string of the molecule is NC(=O)[C@@H]1CCCC[C@@H]1Nc1ncc(Cl)cn1. The Hall–Kier alpha value is -1.36. The molecule has 0 radical (unpaired) electrons. The van der Waals surface area contributed by atoms with Gasteiger partial charge < -0.3 is 11.1 Å². The molecular weight excluding hydrogens is 240 g/mol. The summed E-state index contributed by atoms with van der Waals surface area (Å²) in [5.74, 6) is 0.103. The quantitative estimate of drug-likeness (QED) is 0.858. The highest BCUT2D eigenvalue weighted by Gasteiger charge is 2.29. The zero-order valence-electron chi connectivity index (χ0n) is 9.40. The highest BCUT2D eigenvalue weighted by Crippen LogP contribution is 2.26. The van der Waals surface area contributed by atoms with Crippen molar-refractivity contribution >= 4 is 23.5 Å². The lowest BCUT2D eigenvalue weighted by molar-refractivity contribution is -0.122. The zero-order chi connectivity index (χ0) is 12.3. The molecule has 1 heterocycles. The van der Waals surface area contributed by atoms with Crippen LogP contribution in [0.4, 0.5) is 5.95 Å². The molecule has 0 saturated heterocycles. The first-order valence-electron chi connectivity index (χ1n) is 5.70. The molecule has 92 valence electrons. The lowest BCUT2D eigenvalue weighted by atomic mass is 9.84. The number of carbonyl (C=O) groups is 1. The van der Waals surface area contributed by atoms with Gasteiger partial charge >= 0.3 is 0 Å². The molecule has 17 heavy (non-hydrogen) atoms. The maximum absolute atomic E-state index is 11.3. The van der Waals surface area contributed by atoms with Crippen LogP contribution in [0.25, 0.3) is 0 Å². The number of anilines is 1. The van der Waals surface area contributed by atoms with Crippen molar-refractivity contribution in [3.63, 3.8) is 0 Å². The molecule has 1 aliphatic carbocycles. The number of amides is 1. The number of nitrogens with zero attached hydrogens (tertiary/aromatic N) is 2. The Kier molecular flexibility index (Phi) is 3.78. The van der Waals surface area contributed by atoms with Crippen LogP contribution in [-0.2, 0) is 4.79 Å². The van der Waals surface area contributed by atoms with Crippen molar-refractivity contribution in [1.29, 1.82) is 0 Å². The van der Waals surface area contributed by atoms with Crippen molar-refractivity contribution in [3.8, 4) is 0 Å². The van der Waals surface area contributed by atoms with E-state index in [1.54, 1.807) is 0 Å². The van der Waals surface area contributed by atoms with Crippen LogP contribution in [0, 0.1) is 5.92 Å². The van der Waals surface area contributed by atoms with Gasteiger partial charge in [0.2, 0.25) is 11.9 Å². The van der Waals surface area contributed by atoms with Gasteiger partial charge in [-0.15, -0.1) is 0 Å². The van der Waals surface area contributed by atoms with E-state index in [0.29, 0.717) is 11.0 Å². The topological polar surface area (TPSA) is 80.9 Å². The van der Waals surface area contributed by atoms with Crippen molar-refractivity contribution in [1.82, 2.24) is 9.97 Å². The van der Waals surface area contributed by atoms with E-state index in [1.807, 2.05) is 0 Å². The maximum atomic E-state index is 11.3. The van der Waals surface area contributed by atoms with Crippen molar-refractivity contribution in [2.75, 3.05) is 5.32 Å². The number of hydrogen-bond acceptors (Lipinski definition) is 4. The summed E-state index contributed by atoms with van der Waals surface area (Å²) in [6.07, 6.45) is 6.94. The highest BCUT2D eigenvalue weighted by atomic mass is 35.5. The number of carbonyl (C=O) groups excluding carboxylic acids is 1. The molecule has 0 bridgehead atoms. The van der Waals surface area contributed by atoms with Gasteiger partial charge in [-0.25, -0.2) is 9.97 Å².